The summed E-state index contributed by atoms with van der Waals surface area (Å²) in [6.45, 7) is 6.01. The van der Waals surface area contributed by atoms with E-state index in [0.717, 1.165) is 17.7 Å². The molecule has 106 valence electrons. The summed E-state index contributed by atoms with van der Waals surface area (Å²) in [6, 6.07) is 2.42. The average Bonchev–Trinajstić information content (AvgIpc) is 2.29. The lowest BCUT2D eigenvalue weighted by Gasteiger charge is -2.19. The van der Waals surface area contributed by atoms with E-state index in [4.69, 9.17) is 5.73 Å². The predicted molar refractivity (Wildman–Crippen MR) is 66.0 cm³/mol. The molecule has 0 heterocycles. The second-order valence-corrected chi connectivity index (χ2v) is 4.36. The maximum Gasteiger partial charge on any atom is 0.419 e. The SMILES string of the molecule is C=C(C)CNC(CN)c1ccc(F)c(C(F)(F)F)c1. The number of nitrogens with two attached hydrogens (primary N) is 1. The smallest absolute Gasteiger partial charge is 0.329 e. The Morgan fingerprint density at radius 3 is 2.53 bits per heavy atom. The van der Waals surface area contributed by atoms with Crippen LogP contribution in [0.5, 0.6) is 0 Å². The fraction of sp³-hybridized carbons (Fsp3) is 0.385. The van der Waals surface area contributed by atoms with Crippen LogP contribution < -0.4 is 11.1 Å². The lowest BCUT2D eigenvalue weighted by Crippen LogP contribution is -2.29. The van der Waals surface area contributed by atoms with Gasteiger partial charge in [-0.3, -0.25) is 0 Å². The lowest BCUT2D eigenvalue weighted by molar-refractivity contribution is -0.140. The fourth-order valence-electron chi connectivity index (χ4n) is 1.61. The van der Waals surface area contributed by atoms with Crippen molar-refractivity contribution < 1.29 is 17.6 Å². The van der Waals surface area contributed by atoms with Crippen LogP contribution in [0, 0.1) is 5.82 Å². The summed E-state index contributed by atoms with van der Waals surface area (Å²) in [5.41, 5.74) is 5.38. The van der Waals surface area contributed by atoms with Crippen molar-refractivity contribution in [2.75, 3.05) is 13.1 Å². The number of hydrogen-bond donors (Lipinski definition) is 2. The Balaban J connectivity index is 3.02. The van der Waals surface area contributed by atoms with Gasteiger partial charge < -0.3 is 11.1 Å². The molecule has 0 aromatic heterocycles. The largest absolute Gasteiger partial charge is 0.419 e. The van der Waals surface area contributed by atoms with Gasteiger partial charge in [-0.25, -0.2) is 4.39 Å². The van der Waals surface area contributed by atoms with Gasteiger partial charge in [0.25, 0.3) is 0 Å². The van der Waals surface area contributed by atoms with Crippen LogP contribution in [0.15, 0.2) is 30.4 Å². The van der Waals surface area contributed by atoms with Crippen molar-refractivity contribution in [3.63, 3.8) is 0 Å². The molecule has 0 aliphatic heterocycles. The van der Waals surface area contributed by atoms with Gasteiger partial charge in [-0.2, -0.15) is 13.2 Å². The van der Waals surface area contributed by atoms with E-state index in [0.29, 0.717) is 12.1 Å². The number of alkyl halides is 3. The van der Waals surface area contributed by atoms with E-state index in [-0.39, 0.29) is 6.54 Å². The van der Waals surface area contributed by atoms with E-state index in [2.05, 4.69) is 11.9 Å². The Morgan fingerprint density at radius 2 is 2.05 bits per heavy atom. The number of halogens is 4. The van der Waals surface area contributed by atoms with Crippen LogP contribution in [0.25, 0.3) is 0 Å². The van der Waals surface area contributed by atoms with Gasteiger partial charge in [0.2, 0.25) is 0 Å². The van der Waals surface area contributed by atoms with Crippen LogP contribution in [0.4, 0.5) is 17.6 Å². The Bertz CT molecular complexity index is 454. The van der Waals surface area contributed by atoms with Gasteiger partial charge in [0.1, 0.15) is 5.82 Å². The Morgan fingerprint density at radius 1 is 1.42 bits per heavy atom. The molecular weight excluding hydrogens is 260 g/mol. The fourth-order valence-corrected chi connectivity index (χ4v) is 1.61. The summed E-state index contributed by atoms with van der Waals surface area (Å²) in [4.78, 5) is 0. The number of nitrogens with one attached hydrogen (secondary N) is 1. The normalized spacial score (nSPS) is 13.4. The van der Waals surface area contributed by atoms with Crippen molar-refractivity contribution in [3.05, 3.63) is 47.3 Å². The lowest BCUT2D eigenvalue weighted by atomic mass is 10.0. The summed E-state index contributed by atoms with van der Waals surface area (Å²) in [7, 11) is 0. The quantitative estimate of drug-likeness (QED) is 0.641. The zero-order chi connectivity index (χ0) is 14.6. The molecule has 0 radical (unpaired) electrons. The van der Waals surface area contributed by atoms with Crippen molar-refractivity contribution in [2.45, 2.75) is 19.1 Å². The zero-order valence-electron chi connectivity index (χ0n) is 10.5. The van der Waals surface area contributed by atoms with Crippen molar-refractivity contribution in [3.8, 4) is 0 Å². The van der Waals surface area contributed by atoms with Gasteiger partial charge in [-0.1, -0.05) is 18.2 Å². The summed E-state index contributed by atoms with van der Waals surface area (Å²) in [5, 5.41) is 2.97. The highest BCUT2D eigenvalue weighted by Crippen LogP contribution is 2.32. The molecule has 19 heavy (non-hydrogen) atoms. The molecular formula is C13H16F4N2. The molecule has 0 bridgehead atoms. The second kappa shape index (κ2) is 6.16. The molecule has 0 fully saturated rings. The average molecular weight is 276 g/mol. The summed E-state index contributed by atoms with van der Waals surface area (Å²) in [6.07, 6.45) is -4.71. The summed E-state index contributed by atoms with van der Waals surface area (Å²) in [5.74, 6) is -1.29. The van der Waals surface area contributed by atoms with Crippen molar-refractivity contribution in [1.29, 1.82) is 0 Å². The predicted octanol–water partition coefficient (Wildman–Crippen LogP) is 3.01. The Kier molecular flexibility index (Phi) is 5.08. The van der Waals surface area contributed by atoms with E-state index in [1.807, 2.05) is 0 Å². The van der Waals surface area contributed by atoms with Crippen molar-refractivity contribution in [1.82, 2.24) is 5.32 Å². The van der Waals surface area contributed by atoms with Crippen LogP contribution >= 0.6 is 0 Å². The van der Waals surface area contributed by atoms with Crippen LogP contribution in [0.3, 0.4) is 0 Å². The van der Waals surface area contributed by atoms with Gasteiger partial charge in [0, 0.05) is 19.1 Å². The molecule has 0 saturated heterocycles. The van der Waals surface area contributed by atoms with Gasteiger partial charge in [0.05, 0.1) is 5.56 Å². The molecule has 3 N–H and O–H groups in total. The standard InChI is InChI=1S/C13H16F4N2/c1-8(2)7-19-12(6-18)9-3-4-11(14)10(5-9)13(15,16)17/h3-5,12,19H,1,6-7,18H2,2H3. The van der Waals surface area contributed by atoms with E-state index in [9.17, 15) is 17.6 Å². The van der Waals surface area contributed by atoms with Crippen LogP contribution in [0.2, 0.25) is 0 Å². The summed E-state index contributed by atoms with van der Waals surface area (Å²) < 4.78 is 51.0. The molecule has 1 rings (SSSR count). The molecule has 0 saturated carbocycles. The molecule has 2 nitrogen and oxygen atoms in total. The molecule has 0 aliphatic carbocycles. The van der Waals surface area contributed by atoms with Gasteiger partial charge in [-0.15, -0.1) is 0 Å². The first-order chi connectivity index (χ1) is 8.75. The first-order valence-corrected chi connectivity index (χ1v) is 5.70. The third-order valence-corrected chi connectivity index (χ3v) is 2.58. The van der Waals surface area contributed by atoms with Crippen LogP contribution in [-0.4, -0.2) is 13.1 Å². The molecule has 1 atom stereocenters. The van der Waals surface area contributed by atoms with Crippen molar-refractivity contribution >= 4 is 0 Å². The van der Waals surface area contributed by atoms with E-state index < -0.39 is 23.6 Å². The highest BCUT2D eigenvalue weighted by atomic mass is 19.4. The van der Waals surface area contributed by atoms with Gasteiger partial charge in [0.15, 0.2) is 0 Å². The molecule has 1 unspecified atom stereocenters. The maximum absolute atomic E-state index is 13.2. The number of rotatable bonds is 5. The Labute approximate surface area is 109 Å². The Hall–Kier alpha value is -1.40. The minimum atomic E-state index is -4.71. The monoisotopic (exact) mass is 276 g/mol. The highest BCUT2D eigenvalue weighted by molar-refractivity contribution is 5.29. The third-order valence-electron chi connectivity index (χ3n) is 2.58. The highest BCUT2D eigenvalue weighted by Gasteiger charge is 2.34. The number of benzene rings is 1. The van der Waals surface area contributed by atoms with Crippen LogP contribution in [0.1, 0.15) is 24.1 Å². The first-order valence-electron chi connectivity index (χ1n) is 5.70. The first kappa shape index (κ1) is 15.7. The maximum atomic E-state index is 13.2. The van der Waals surface area contributed by atoms with Gasteiger partial charge >= 0.3 is 6.18 Å². The molecule has 0 spiro atoms. The summed E-state index contributed by atoms with van der Waals surface area (Å²) >= 11 is 0. The van der Waals surface area contributed by atoms with E-state index in [1.54, 1.807) is 6.92 Å². The molecule has 1 aromatic carbocycles. The van der Waals surface area contributed by atoms with Gasteiger partial charge in [-0.05, 0) is 24.6 Å². The molecule has 0 amide bonds. The zero-order valence-corrected chi connectivity index (χ0v) is 10.5. The minimum Gasteiger partial charge on any atom is -0.329 e. The van der Waals surface area contributed by atoms with Crippen LogP contribution in [-0.2, 0) is 6.18 Å². The van der Waals surface area contributed by atoms with Crippen molar-refractivity contribution in [2.24, 2.45) is 5.73 Å². The molecule has 0 aliphatic rings. The molecule has 1 aromatic rings. The minimum absolute atomic E-state index is 0.107. The topological polar surface area (TPSA) is 38.0 Å². The number of hydrogen-bond acceptors (Lipinski definition) is 2. The van der Waals surface area contributed by atoms with E-state index in [1.165, 1.54) is 6.07 Å². The molecule has 6 heteroatoms. The second-order valence-electron chi connectivity index (χ2n) is 4.36. The third kappa shape index (κ3) is 4.33. The van der Waals surface area contributed by atoms with E-state index >= 15 is 0 Å².